The fraction of sp³-hybridized carbons (Fsp3) is 0.0952. The molecule has 2 aromatic heterocycles. The summed E-state index contributed by atoms with van der Waals surface area (Å²) < 4.78 is 46.7. The van der Waals surface area contributed by atoms with E-state index < -0.39 is 17.8 Å². The van der Waals surface area contributed by atoms with Crippen LogP contribution in [0.3, 0.4) is 0 Å². The molecule has 0 amide bonds. The normalized spacial score (nSPS) is 11.6. The predicted octanol–water partition coefficient (Wildman–Crippen LogP) is 5.43. The third-order valence-corrected chi connectivity index (χ3v) is 4.59. The first-order valence-corrected chi connectivity index (χ1v) is 9.14. The molecule has 0 N–H and O–H groups in total. The third-order valence-electron chi connectivity index (χ3n) is 4.33. The molecular formula is C21H13ClF3N3O2. The number of hydrogen-bond acceptors (Lipinski definition) is 4. The highest BCUT2D eigenvalue weighted by Crippen LogP contribution is 2.32. The van der Waals surface area contributed by atoms with Crippen molar-refractivity contribution in [1.82, 2.24) is 14.6 Å². The number of aromatic nitrogens is 3. The Morgan fingerprint density at radius 2 is 1.77 bits per heavy atom. The zero-order chi connectivity index (χ0) is 21.3. The maximum absolute atomic E-state index is 13.6. The number of hydrogen-bond donors (Lipinski definition) is 0. The Balaban J connectivity index is 1.73. The second-order valence-electron chi connectivity index (χ2n) is 6.39. The van der Waals surface area contributed by atoms with E-state index in [-0.39, 0.29) is 23.5 Å². The van der Waals surface area contributed by atoms with Gasteiger partial charge in [0.2, 0.25) is 0 Å². The Kier molecular flexibility index (Phi) is 5.17. The number of fused-ring (bicyclic) bond motifs is 1. The Hall–Kier alpha value is -3.39. The van der Waals surface area contributed by atoms with Gasteiger partial charge in [-0.3, -0.25) is 0 Å². The van der Waals surface area contributed by atoms with Crippen molar-refractivity contribution in [1.29, 1.82) is 0 Å². The van der Waals surface area contributed by atoms with Crippen molar-refractivity contribution in [2.24, 2.45) is 0 Å². The molecule has 0 unspecified atom stereocenters. The van der Waals surface area contributed by atoms with Crippen LogP contribution >= 0.6 is 11.6 Å². The van der Waals surface area contributed by atoms with E-state index in [9.17, 15) is 18.0 Å². The fourth-order valence-electron chi connectivity index (χ4n) is 2.87. The molecule has 0 aliphatic carbocycles. The number of benzene rings is 2. The molecule has 152 valence electrons. The summed E-state index contributed by atoms with van der Waals surface area (Å²) in [5.74, 6) is -0.828. The van der Waals surface area contributed by atoms with E-state index in [0.717, 1.165) is 12.3 Å². The Labute approximate surface area is 173 Å². The predicted molar refractivity (Wildman–Crippen MR) is 104 cm³/mol. The van der Waals surface area contributed by atoms with Crippen LogP contribution in [0.15, 0.2) is 66.9 Å². The minimum absolute atomic E-state index is 0.0716. The van der Waals surface area contributed by atoms with Gasteiger partial charge in [-0.2, -0.15) is 18.3 Å². The van der Waals surface area contributed by atoms with E-state index in [1.54, 1.807) is 54.6 Å². The zero-order valence-electron chi connectivity index (χ0n) is 15.2. The van der Waals surface area contributed by atoms with Crippen molar-refractivity contribution in [3.8, 4) is 11.3 Å². The second kappa shape index (κ2) is 7.79. The molecule has 0 saturated heterocycles. The molecule has 0 bridgehead atoms. The van der Waals surface area contributed by atoms with Crippen LogP contribution in [0, 0.1) is 0 Å². The molecule has 0 aliphatic heterocycles. The standard InChI is InChI=1S/C21H13ClF3N3O2/c22-15-8-6-13(7-9-15)12-30-20(29)16-11-26-28-18(21(23,24)25)10-17(27-19(16)28)14-4-2-1-3-5-14/h1-11H,12H2. The zero-order valence-corrected chi connectivity index (χ0v) is 16.0. The number of rotatable bonds is 4. The van der Waals surface area contributed by atoms with E-state index in [0.29, 0.717) is 20.7 Å². The quantitative estimate of drug-likeness (QED) is 0.404. The van der Waals surface area contributed by atoms with Crippen LogP contribution in [0.1, 0.15) is 21.6 Å². The number of halogens is 4. The van der Waals surface area contributed by atoms with Gasteiger partial charge in [0.1, 0.15) is 12.2 Å². The molecule has 0 saturated carbocycles. The molecule has 30 heavy (non-hydrogen) atoms. The number of ether oxygens (including phenoxy) is 1. The van der Waals surface area contributed by atoms with Gasteiger partial charge in [0.05, 0.1) is 11.9 Å². The summed E-state index contributed by atoms with van der Waals surface area (Å²) in [4.78, 5) is 16.8. The molecule has 2 aromatic carbocycles. The van der Waals surface area contributed by atoms with Crippen molar-refractivity contribution in [3.63, 3.8) is 0 Å². The maximum atomic E-state index is 13.6. The summed E-state index contributed by atoms with van der Waals surface area (Å²) in [5, 5.41) is 4.26. The van der Waals surface area contributed by atoms with Crippen LogP contribution in [0.4, 0.5) is 13.2 Å². The molecule has 0 radical (unpaired) electrons. The van der Waals surface area contributed by atoms with Gasteiger partial charge in [0.25, 0.3) is 0 Å². The highest BCUT2D eigenvalue weighted by molar-refractivity contribution is 6.30. The topological polar surface area (TPSA) is 56.5 Å². The molecule has 9 heteroatoms. The van der Waals surface area contributed by atoms with Gasteiger partial charge in [-0.05, 0) is 23.8 Å². The van der Waals surface area contributed by atoms with E-state index in [2.05, 4.69) is 10.1 Å². The summed E-state index contributed by atoms with van der Waals surface area (Å²) in [5.41, 5.74) is -0.201. The van der Waals surface area contributed by atoms with E-state index in [1.807, 2.05) is 0 Å². The highest BCUT2D eigenvalue weighted by atomic mass is 35.5. The number of alkyl halides is 3. The largest absolute Gasteiger partial charge is 0.457 e. The van der Waals surface area contributed by atoms with Crippen LogP contribution in [-0.2, 0) is 17.5 Å². The number of esters is 1. The smallest absolute Gasteiger partial charge is 0.433 e. The Morgan fingerprint density at radius 1 is 1.07 bits per heavy atom. The fourth-order valence-corrected chi connectivity index (χ4v) is 3.00. The Bertz CT molecular complexity index is 1210. The highest BCUT2D eigenvalue weighted by Gasteiger charge is 2.36. The minimum Gasteiger partial charge on any atom is -0.457 e. The van der Waals surface area contributed by atoms with Gasteiger partial charge in [-0.25, -0.2) is 14.3 Å². The lowest BCUT2D eigenvalue weighted by Crippen LogP contribution is -2.14. The van der Waals surface area contributed by atoms with Gasteiger partial charge in [0.15, 0.2) is 11.3 Å². The lowest BCUT2D eigenvalue weighted by atomic mass is 10.1. The molecule has 5 nitrogen and oxygen atoms in total. The van der Waals surface area contributed by atoms with Crippen LogP contribution in [0.2, 0.25) is 5.02 Å². The number of carbonyl (C=O) groups is 1. The first-order chi connectivity index (χ1) is 14.3. The Morgan fingerprint density at radius 3 is 2.43 bits per heavy atom. The van der Waals surface area contributed by atoms with E-state index >= 15 is 0 Å². The summed E-state index contributed by atoms with van der Waals surface area (Å²) in [7, 11) is 0. The summed E-state index contributed by atoms with van der Waals surface area (Å²) >= 11 is 5.82. The summed E-state index contributed by atoms with van der Waals surface area (Å²) in [6.45, 7) is -0.0716. The van der Waals surface area contributed by atoms with Crippen LogP contribution in [-0.4, -0.2) is 20.6 Å². The average Bonchev–Trinajstić information content (AvgIpc) is 3.16. The van der Waals surface area contributed by atoms with Gasteiger partial charge in [0, 0.05) is 10.6 Å². The molecule has 2 heterocycles. The van der Waals surface area contributed by atoms with Gasteiger partial charge < -0.3 is 4.74 Å². The van der Waals surface area contributed by atoms with Crippen molar-refractivity contribution in [2.75, 3.05) is 0 Å². The first kappa shape index (κ1) is 19.9. The van der Waals surface area contributed by atoms with Crippen LogP contribution in [0.25, 0.3) is 16.9 Å². The molecular weight excluding hydrogens is 419 g/mol. The molecule has 0 spiro atoms. The third kappa shape index (κ3) is 3.99. The first-order valence-electron chi connectivity index (χ1n) is 8.76. The van der Waals surface area contributed by atoms with Crippen LogP contribution in [0.5, 0.6) is 0 Å². The van der Waals surface area contributed by atoms with Crippen molar-refractivity contribution >= 4 is 23.2 Å². The maximum Gasteiger partial charge on any atom is 0.433 e. The molecule has 0 atom stereocenters. The van der Waals surface area contributed by atoms with Gasteiger partial charge >= 0.3 is 12.1 Å². The average molecular weight is 432 g/mol. The van der Waals surface area contributed by atoms with Crippen molar-refractivity contribution in [2.45, 2.75) is 12.8 Å². The van der Waals surface area contributed by atoms with Gasteiger partial charge in [-0.1, -0.05) is 54.1 Å². The monoisotopic (exact) mass is 431 g/mol. The lowest BCUT2D eigenvalue weighted by Gasteiger charge is -2.11. The van der Waals surface area contributed by atoms with Crippen molar-refractivity contribution < 1.29 is 22.7 Å². The SMILES string of the molecule is O=C(OCc1ccc(Cl)cc1)c1cnn2c(C(F)(F)F)cc(-c3ccccc3)nc12. The van der Waals surface area contributed by atoms with E-state index in [1.165, 1.54) is 0 Å². The van der Waals surface area contributed by atoms with Gasteiger partial charge in [-0.15, -0.1) is 0 Å². The number of carbonyl (C=O) groups excluding carboxylic acids is 1. The second-order valence-corrected chi connectivity index (χ2v) is 6.82. The summed E-state index contributed by atoms with van der Waals surface area (Å²) in [6.07, 6.45) is -3.67. The molecule has 4 rings (SSSR count). The minimum atomic E-state index is -4.69. The molecule has 0 aliphatic rings. The van der Waals surface area contributed by atoms with Crippen molar-refractivity contribution in [3.05, 3.63) is 88.7 Å². The molecule has 4 aromatic rings. The van der Waals surface area contributed by atoms with Crippen LogP contribution < -0.4 is 0 Å². The number of nitrogens with zero attached hydrogens (tertiary/aromatic N) is 3. The lowest BCUT2D eigenvalue weighted by molar-refractivity contribution is -0.142. The molecule has 0 fully saturated rings. The van der Waals surface area contributed by atoms with E-state index in [4.69, 9.17) is 16.3 Å². The summed E-state index contributed by atoms with van der Waals surface area (Å²) in [6, 6.07) is 15.9.